The number of rotatable bonds is 18. The summed E-state index contributed by atoms with van der Waals surface area (Å²) in [5.41, 5.74) is 1.60. The summed E-state index contributed by atoms with van der Waals surface area (Å²) in [5, 5.41) is 55.3. The van der Waals surface area contributed by atoms with Crippen molar-refractivity contribution in [2.75, 3.05) is 99.0 Å². The van der Waals surface area contributed by atoms with Crippen LogP contribution in [0, 0.1) is 57.2 Å². The Balaban J connectivity index is 0.000000231. The summed E-state index contributed by atoms with van der Waals surface area (Å²) in [4.78, 5) is 38.8. The van der Waals surface area contributed by atoms with E-state index in [-0.39, 0.29) is 47.4 Å². The van der Waals surface area contributed by atoms with Crippen molar-refractivity contribution >= 4 is 87.0 Å². The van der Waals surface area contributed by atoms with Crippen LogP contribution in [0.3, 0.4) is 0 Å². The lowest BCUT2D eigenvalue weighted by Gasteiger charge is -2.47. The molecule has 4 aliphatic heterocycles. The van der Waals surface area contributed by atoms with Gasteiger partial charge in [0.25, 0.3) is 0 Å². The van der Waals surface area contributed by atoms with Crippen LogP contribution >= 0.6 is 46.4 Å². The minimum atomic E-state index is -0.251. The third kappa shape index (κ3) is 15.1. The van der Waals surface area contributed by atoms with Gasteiger partial charge in [-0.05, 0) is 112 Å². The number of aliphatic hydroxyl groups is 1. The van der Waals surface area contributed by atoms with Gasteiger partial charge in [-0.15, -0.1) is 0 Å². The van der Waals surface area contributed by atoms with Gasteiger partial charge >= 0.3 is 0 Å². The van der Waals surface area contributed by atoms with Gasteiger partial charge in [-0.25, -0.2) is 19.9 Å². The van der Waals surface area contributed by atoms with Crippen molar-refractivity contribution in [3.05, 3.63) is 91.4 Å². The fourth-order valence-electron chi connectivity index (χ4n) is 9.82. The van der Waals surface area contributed by atoms with E-state index in [9.17, 15) is 15.3 Å². The average molecular weight is 1080 g/mol. The summed E-state index contributed by atoms with van der Waals surface area (Å²) < 4.78 is 0. The summed E-state index contributed by atoms with van der Waals surface area (Å²) in [5.74, 6) is 4.71. The van der Waals surface area contributed by atoms with Gasteiger partial charge in [-0.3, -0.25) is 15.6 Å². The second kappa shape index (κ2) is 27.2. The summed E-state index contributed by atoms with van der Waals surface area (Å²) in [7, 11) is 0. The summed E-state index contributed by atoms with van der Waals surface area (Å²) in [6.07, 6.45) is 7.70. The molecule has 0 bridgehead atoms. The largest absolute Gasteiger partial charge is 0.396 e. The van der Waals surface area contributed by atoms with Crippen molar-refractivity contribution in [1.82, 2.24) is 35.1 Å². The van der Waals surface area contributed by atoms with E-state index in [4.69, 9.17) is 72.3 Å². The van der Waals surface area contributed by atoms with Crippen molar-refractivity contribution < 1.29 is 9.90 Å². The number of anilines is 4. The number of nitriles is 2. The molecule has 4 unspecified atom stereocenters. The van der Waals surface area contributed by atoms with Gasteiger partial charge in [0, 0.05) is 92.5 Å². The minimum Gasteiger partial charge on any atom is -0.396 e. The molecule has 0 aliphatic carbocycles. The molecule has 4 atom stereocenters. The van der Waals surface area contributed by atoms with Gasteiger partial charge < -0.3 is 40.7 Å². The summed E-state index contributed by atoms with van der Waals surface area (Å²) >= 11 is 24.8. The number of likely N-dealkylation sites (tertiary alicyclic amines) is 2. The quantitative estimate of drug-likeness (QED) is 0.0510. The Morgan fingerprint density at radius 1 is 0.726 bits per heavy atom. The maximum atomic E-state index is 11.2. The number of aromatic nitrogens is 4. The Labute approximate surface area is 449 Å². The molecular weight excluding hydrogens is 1010 g/mol. The lowest BCUT2D eigenvalue weighted by molar-refractivity contribution is -0.119. The number of hydrogen-bond donors (Lipinski definition) is 6. The van der Waals surface area contributed by atoms with Crippen molar-refractivity contribution in [2.45, 2.75) is 72.4 Å². The highest BCUT2D eigenvalue weighted by molar-refractivity contribution is 6.35. The van der Waals surface area contributed by atoms with Crippen LogP contribution in [-0.2, 0) is 4.79 Å². The molecule has 6 heterocycles. The van der Waals surface area contributed by atoms with Crippen LogP contribution in [0.2, 0.25) is 20.1 Å². The fraction of sp³-hybridized carbons (Fsp3) is 0.519. The number of carbonyl (C=O) groups is 1. The number of piperidine rings is 1. The van der Waals surface area contributed by atoms with Crippen LogP contribution < -0.4 is 25.8 Å². The minimum absolute atomic E-state index is 0.0137. The highest BCUT2D eigenvalue weighted by Crippen LogP contribution is 2.37. The third-order valence-electron chi connectivity index (χ3n) is 13.9. The van der Waals surface area contributed by atoms with Crippen LogP contribution in [-0.4, -0.2) is 131 Å². The molecule has 0 radical (unpaired) electrons. The van der Waals surface area contributed by atoms with Gasteiger partial charge in [-0.1, -0.05) is 72.4 Å². The maximum absolute atomic E-state index is 11.2. The van der Waals surface area contributed by atoms with Gasteiger partial charge in [-0.2, -0.15) is 10.5 Å². The molecule has 0 saturated carbocycles. The molecule has 6 N–H and O–H groups in total. The summed E-state index contributed by atoms with van der Waals surface area (Å²) in [6, 6.07) is 13.9. The molecule has 4 saturated heterocycles. The van der Waals surface area contributed by atoms with Crippen molar-refractivity contribution in [3.8, 4) is 12.1 Å². The normalized spacial score (nSPS) is 18.8. The number of benzene rings is 2. The number of amides is 1. The molecule has 73 heavy (non-hydrogen) atoms. The Morgan fingerprint density at radius 3 is 1.63 bits per heavy atom. The van der Waals surface area contributed by atoms with E-state index >= 15 is 0 Å². The molecule has 2 aromatic heterocycles. The molecule has 0 spiro atoms. The van der Waals surface area contributed by atoms with Crippen LogP contribution in [0.25, 0.3) is 0 Å². The predicted octanol–water partition coefficient (Wildman–Crippen LogP) is 9.15. The van der Waals surface area contributed by atoms with E-state index in [1.807, 2.05) is 52.0 Å². The number of carbonyl (C=O) groups excluding carboxylic acids is 1. The van der Waals surface area contributed by atoms with Crippen LogP contribution in [0.5, 0.6) is 0 Å². The third-order valence-corrected chi connectivity index (χ3v) is 15.0. The number of hydrogen-bond acceptors (Lipinski definition) is 16. The van der Waals surface area contributed by atoms with E-state index in [1.165, 1.54) is 19.3 Å². The molecule has 4 aromatic rings. The van der Waals surface area contributed by atoms with E-state index in [0.717, 1.165) is 94.6 Å². The molecule has 1 amide bonds. The standard InChI is InChI=1S/C26H32Cl2N8O.C24H29Cl2N7O.C2H6/c1-16(21-6-5-20(27)10-22(21)28)33-26-25(23(30)11-29)32-12-24(34-26)36-14-19(15-36)18-4-3-8-35(13-18)9-7-31-17(2)37;1-15(19-4-3-18(25)9-20(19)26)30-24-23(21(28)10-27)29-11-22(31-24)33-13-17(14-33)16-5-7-32(12-16)6-2-8-34;1-2/h5-6,10,12,16,18-19,30H,3-4,7-9,13-15H2,1-2H3,(H,31,37)(H,33,34);3-4,9,11,15-17,28,34H,2,5-8,12-14H2,1H3,(H,30,31);1-2H3. The Kier molecular flexibility index (Phi) is 21.2. The van der Waals surface area contributed by atoms with Crippen molar-refractivity contribution in [1.29, 1.82) is 21.3 Å². The van der Waals surface area contributed by atoms with Crippen LogP contribution in [0.4, 0.5) is 23.3 Å². The average Bonchev–Trinajstić information content (AvgIpc) is 3.81. The fourth-order valence-corrected chi connectivity index (χ4v) is 11.0. The molecular formula is C52H67Cl4N15O2. The number of nitrogens with zero attached hydrogens (tertiary/aromatic N) is 10. The zero-order chi connectivity index (χ0) is 52.8. The van der Waals surface area contributed by atoms with Gasteiger partial charge in [0.05, 0.1) is 24.5 Å². The molecule has 17 nitrogen and oxygen atoms in total. The first-order valence-electron chi connectivity index (χ1n) is 25.1. The first kappa shape index (κ1) is 56.9. The van der Waals surface area contributed by atoms with Gasteiger partial charge in [0.1, 0.15) is 35.2 Å². The second-order valence-electron chi connectivity index (χ2n) is 18.8. The van der Waals surface area contributed by atoms with E-state index < -0.39 is 0 Å². The van der Waals surface area contributed by atoms with Gasteiger partial charge in [0.15, 0.2) is 23.1 Å². The highest BCUT2D eigenvalue weighted by Gasteiger charge is 2.39. The number of aliphatic hydroxyl groups excluding tert-OH is 1. The lowest BCUT2D eigenvalue weighted by Crippen LogP contribution is -2.54. The topological polar surface area (TPSA) is 233 Å². The van der Waals surface area contributed by atoms with E-state index in [2.05, 4.69) is 45.5 Å². The molecule has 4 aliphatic rings. The van der Waals surface area contributed by atoms with Crippen molar-refractivity contribution in [2.24, 2.45) is 23.7 Å². The van der Waals surface area contributed by atoms with Crippen molar-refractivity contribution in [3.63, 3.8) is 0 Å². The molecule has 21 heteroatoms. The van der Waals surface area contributed by atoms with Crippen LogP contribution in [0.15, 0.2) is 48.8 Å². The van der Waals surface area contributed by atoms with E-state index in [0.29, 0.717) is 61.9 Å². The SMILES string of the molecule is CC.CC(=O)NCCN1CCCC(C2CN(c3cnc(C(=N)C#N)c(NC(C)c4ccc(Cl)cc4Cl)n3)C2)C1.CC(Nc1nc(N2CC(C3CCN(CCCO)C3)C2)cnc1C(=N)C#N)c1ccc(Cl)cc1Cl. The van der Waals surface area contributed by atoms with E-state index in [1.54, 1.807) is 43.6 Å². The first-order valence-corrected chi connectivity index (χ1v) is 26.6. The Morgan fingerprint density at radius 2 is 1.19 bits per heavy atom. The Bertz CT molecular complexity index is 2630. The number of halogens is 4. The van der Waals surface area contributed by atoms with Gasteiger partial charge in [0.2, 0.25) is 5.91 Å². The zero-order valence-corrected chi connectivity index (χ0v) is 45.3. The smallest absolute Gasteiger partial charge is 0.216 e. The predicted molar refractivity (Wildman–Crippen MR) is 293 cm³/mol. The molecule has 8 rings (SSSR count). The summed E-state index contributed by atoms with van der Waals surface area (Å²) in [6.45, 7) is 20.1. The first-order chi connectivity index (χ1) is 35.1. The maximum Gasteiger partial charge on any atom is 0.216 e. The zero-order valence-electron chi connectivity index (χ0n) is 42.2. The molecule has 390 valence electrons. The lowest BCUT2D eigenvalue weighted by atomic mass is 9.80. The Hall–Kier alpha value is -5.37. The molecule has 2 aromatic carbocycles. The molecule has 4 fully saturated rings. The second-order valence-corrected chi connectivity index (χ2v) is 20.5. The number of nitrogens with one attached hydrogen (secondary N) is 5. The van der Waals surface area contributed by atoms with Crippen LogP contribution in [0.1, 0.15) is 94.9 Å². The highest BCUT2D eigenvalue weighted by atomic mass is 35.5. The monoisotopic (exact) mass is 1070 g/mol.